The molecule has 0 bridgehead atoms. The van der Waals surface area contributed by atoms with Crippen molar-refractivity contribution in [3.63, 3.8) is 0 Å². The summed E-state index contributed by atoms with van der Waals surface area (Å²) in [5.41, 5.74) is 6.45. The third-order valence-electron chi connectivity index (χ3n) is 4.86. The van der Waals surface area contributed by atoms with E-state index in [1.54, 1.807) is 12.1 Å². The number of aliphatic hydroxyl groups excluding tert-OH is 1. The lowest BCUT2D eigenvalue weighted by Crippen LogP contribution is -2.29. The summed E-state index contributed by atoms with van der Waals surface area (Å²) in [6.45, 7) is 1.88. The molecule has 0 unspecified atom stereocenters. The van der Waals surface area contributed by atoms with E-state index in [-0.39, 0.29) is 22.4 Å². The summed E-state index contributed by atoms with van der Waals surface area (Å²) < 4.78 is 23.6. The third kappa shape index (κ3) is 4.83. The van der Waals surface area contributed by atoms with Crippen molar-refractivity contribution in [3.05, 3.63) is 35.7 Å². The zero-order chi connectivity index (χ0) is 21.2. The van der Waals surface area contributed by atoms with E-state index in [0.717, 1.165) is 25.5 Å². The molecule has 29 heavy (non-hydrogen) atoms. The number of nitrogens with two attached hydrogens (primary N) is 1. The fourth-order valence-electron chi connectivity index (χ4n) is 3.32. The van der Waals surface area contributed by atoms with Crippen molar-refractivity contribution in [3.8, 4) is 0 Å². The van der Waals surface area contributed by atoms with E-state index < -0.39 is 21.8 Å². The summed E-state index contributed by atoms with van der Waals surface area (Å²) in [4.78, 5) is 20.9. The second-order valence-corrected chi connectivity index (χ2v) is 9.12. The number of anilines is 3. The van der Waals surface area contributed by atoms with E-state index in [1.807, 2.05) is 6.92 Å². The highest BCUT2D eigenvalue weighted by Gasteiger charge is 2.27. The molecule has 156 valence electrons. The van der Waals surface area contributed by atoms with Crippen molar-refractivity contribution in [2.45, 2.75) is 49.6 Å². The molecule has 2 atom stereocenters. The Kier molecular flexibility index (Phi) is 6.04. The van der Waals surface area contributed by atoms with Crippen molar-refractivity contribution in [1.29, 1.82) is 0 Å². The SMILES string of the molecule is CCc1nc(C(N)=O)c(Nc2cccc(S(C)(=O)=O)c2)nc1N[C@H]1CCC[C@@H]1O. The Bertz CT molecular complexity index is 1030. The van der Waals surface area contributed by atoms with Crippen LogP contribution in [0.25, 0.3) is 0 Å². The van der Waals surface area contributed by atoms with Crippen molar-refractivity contribution < 1.29 is 18.3 Å². The Morgan fingerprint density at radius 1 is 1.28 bits per heavy atom. The van der Waals surface area contributed by atoms with Gasteiger partial charge >= 0.3 is 0 Å². The fourth-order valence-corrected chi connectivity index (χ4v) is 3.98. The van der Waals surface area contributed by atoms with Crippen LogP contribution < -0.4 is 16.4 Å². The van der Waals surface area contributed by atoms with Gasteiger partial charge in [-0.1, -0.05) is 13.0 Å². The van der Waals surface area contributed by atoms with Crippen LogP contribution in [-0.4, -0.2) is 47.8 Å². The first-order chi connectivity index (χ1) is 13.7. The number of sulfone groups is 1. The van der Waals surface area contributed by atoms with Crippen LogP contribution in [0.2, 0.25) is 0 Å². The summed E-state index contributed by atoms with van der Waals surface area (Å²) in [6.07, 6.45) is 3.60. The molecule has 1 fully saturated rings. The zero-order valence-corrected chi connectivity index (χ0v) is 17.2. The molecule has 1 aromatic carbocycles. The number of aliphatic hydroxyl groups is 1. The Labute approximate surface area is 169 Å². The molecule has 2 aromatic rings. The van der Waals surface area contributed by atoms with Gasteiger partial charge in [-0.15, -0.1) is 0 Å². The topological polar surface area (TPSA) is 147 Å². The minimum absolute atomic E-state index is 0.0378. The van der Waals surface area contributed by atoms with Crippen LogP contribution in [0.4, 0.5) is 17.3 Å². The van der Waals surface area contributed by atoms with E-state index in [0.29, 0.717) is 23.6 Å². The number of carbonyl (C=O) groups excluding carboxylic acids is 1. The van der Waals surface area contributed by atoms with Crippen molar-refractivity contribution >= 4 is 33.1 Å². The first-order valence-electron chi connectivity index (χ1n) is 9.41. The molecule has 1 aromatic heterocycles. The minimum Gasteiger partial charge on any atom is -0.391 e. The highest BCUT2D eigenvalue weighted by Crippen LogP contribution is 2.27. The molecule has 5 N–H and O–H groups in total. The molecule has 1 saturated carbocycles. The molecule has 0 spiro atoms. The number of carbonyl (C=O) groups is 1. The Morgan fingerprint density at radius 2 is 2.03 bits per heavy atom. The number of amides is 1. The molecule has 0 aliphatic heterocycles. The molecule has 1 aliphatic rings. The smallest absolute Gasteiger partial charge is 0.271 e. The summed E-state index contributed by atoms with van der Waals surface area (Å²) >= 11 is 0. The van der Waals surface area contributed by atoms with Gasteiger partial charge in [0.2, 0.25) is 0 Å². The predicted molar refractivity (Wildman–Crippen MR) is 110 cm³/mol. The lowest BCUT2D eigenvalue weighted by molar-refractivity contribution is 0.0996. The summed E-state index contributed by atoms with van der Waals surface area (Å²) in [6, 6.07) is 6.03. The van der Waals surface area contributed by atoms with Gasteiger partial charge < -0.3 is 21.5 Å². The second kappa shape index (κ2) is 8.34. The average molecular weight is 420 g/mol. The second-order valence-electron chi connectivity index (χ2n) is 7.11. The van der Waals surface area contributed by atoms with Crippen LogP contribution in [-0.2, 0) is 16.3 Å². The summed E-state index contributed by atoms with van der Waals surface area (Å²) in [5.74, 6) is -0.165. The molecular weight excluding hydrogens is 394 g/mol. The van der Waals surface area contributed by atoms with Gasteiger partial charge in [-0.2, -0.15) is 0 Å². The van der Waals surface area contributed by atoms with Gasteiger partial charge in [0.1, 0.15) is 0 Å². The predicted octanol–water partition coefficient (Wildman–Crippen LogP) is 1.61. The monoisotopic (exact) mass is 419 g/mol. The van der Waals surface area contributed by atoms with E-state index in [2.05, 4.69) is 20.6 Å². The first kappa shape index (κ1) is 21.0. The fraction of sp³-hybridized carbons (Fsp3) is 0.421. The molecule has 1 aliphatic carbocycles. The minimum atomic E-state index is -3.39. The quantitative estimate of drug-likeness (QED) is 0.529. The number of rotatable bonds is 7. The maximum Gasteiger partial charge on any atom is 0.271 e. The van der Waals surface area contributed by atoms with E-state index >= 15 is 0 Å². The standard InChI is InChI=1S/C19H25N5O4S/c1-3-13-18(23-14-8-5-9-15(14)25)24-19(16(22-13)17(20)26)21-11-6-4-7-12(10-11)29(2,27)28/h4,6-7,10,14-15,25H,3,5,8-9H2,1-2H3,(H2,20,26)(H2,21,23,24)/t14-,15-/m0/s1. The highest BCUT2D eigenvalue weighted by molar-refractivity contribution is 7.90. The molecule has 0 saturated heterocycles. The van der Waals surface area contributed by atoms with Crippen LogP contribution >= 0.6 is 0 Å². The number of aromatic nitrogens is 2. The van der Waals surface area contributed by atoms with Gasteiger partial charge in [0.25, 0.3) is 5.91 Å². The largest absolute Gasteiger partial charge is 0.391 e. The normalized spacial score (nSPS) is 19.1. The average Bonchev–Trinajstić information content (AvgIpc) is 3.06. The van der Waals surface area contributed by atoms with Gasteiger partial charge in [0, 0.05) is 11.9 Å². The van der Waals surface area contributed by atoms with Crippen LogP contribution in [0.15, 0.2) is 29.2 Å². The van der Waals surface area contributed by atoms with E-state index in [1.165, 1.54) is 12.1 Å². The number of primary amides is 1. The highest BCUT2D eigenvalue weighted by atomic mass is 32.2. The maximum absolute atomic E-state index is 11.9. The Balaban J connectivity index is 2.00. The maximum atomic E-state index is 11.9. The number of aryl methyl sites for hydroxylation is 1. The van der Waals surface area contributed by atoms with E-state index in [4.69, 9.17) is 5.73 Å². The van der Waals surface area contributed by atoms with Crippen molar-refractivity contribution in [2.75, 3.05) is 16.9 Å². The summed E-state index contributed by atoms with van der Waals surface area (Å²) in [7, 11) is -3.39. The molecular formula is C19H25N5O4S. The van der Waals surface area contributed by atoms with Gasteiger partial charge in [0.05, 0.1) is 22.7 Å². The van der Waals surface area contributed by atoms with Gasteiger partial charge in [0.15, 0.2) is 27.2 Å². The lowest BCUT2D eigenvalue weighted by Gasteiger charge is -2.20. The Morgan fingerprint density at radius 3 is 2.62 bits per heavy atom. The molecule has 0 radical (unpaired) electrons. The third-order valence-corrected chi connectivity index (χ3v) is 5.97. The Hall–Kier alpha value is -2.72. The number of benzene rings is 1. The van der Waals surface area contributed by atoms with Crippen LogP contribution in [0, 0.1) is 0 Å². The van der Waals surface area contributed by atoms with Gasteiger partial charge in [-0.25, -0.2) is 18.4 Å². The molecule has 1 amide bonds. The zero-order valence-electron chi connectivity index (χ0n) is 16.3. The van der Waals surface area contributed by atoms with E-state index in [9.17, 15) is 18.3 Å². The molecule has 1 heterocycles. The number of nitrogens with zero attached hydrogens (tertiary/aromatic N) is 2. The first-order valence-corrected chi connectivity index (χ1v) is 11.3. The van der Waals surface area contributed by atoms with Gasteiger partial charge in [-0.3, -0.25) is 4.79 Å². The van der Waals surface area contributed by atoms with Crippen LogP contribution in [0.5, 0.6) is 0 Å². The van der Waals surface area contributed by atoms with Gasteiger partial charge in [-0.05, 0) is 43.9 Å². The lowest BCUT2D eigenvalue weighted by atomic mass is 10.2. The van der Waals surface area contributed by atoms with Crippen molar-refractivity contribution in [1.82, 2.24) is 9.97 Å². The number of hydrogen-bond donors (Lipinski definition) is 4. The number of hydrogen-bond acceptors (Lipinski definition) is 8. The van der Waals surface area contributed by atoms with Crippen LogP contribution in [0.3, 0.4) is 0 Å². The molecule has 3 rings (SSSR count). The van der Waals surface area contributed by atoms with Crippen molar-refractivity contribution in [2.24, 2.45) is 5.73 Å². The van der Waals surface area contributed by atoms with Crippen LogP contribution in [0.1, 0.15) is 42.4 Å². The molecule has 10 heteroatoms. The molecule has 9 nitrogen and oxygen atoms in total. The number of nitrogens with one attached hydrogen (secondary N) is 2. The summed E-state index contributed by atoms with van der Waals surface area (Å²) in [5, 5.41) is 16.3.